The minimum Gasteiger partial charge on any atom is -0.484 e. The first-order valence-electron chi connectivity index (χ1n) is 8.59. The summed E-state index contributed by atoms with van der Waals surface area (Å²) >= 11 is 0. The first-order chi connectivity index (χ1) is 13.1. The number of nitrogens with one attached hydrogen (secondary N) is 1. The highest BCUT2D eigenvalue weighted by Crippen LogP contribution is 2.32. The lowest BCUT2D eigenvalue weighted by atomic mass is 9.88. The summed E-state index contributed by atoms with van der Waals surface area (Å²) in [5.41, 5.74) is 0.839. The molecule has 0 aromatic heterocycles. The van der Waals surface area contributed by atoms with Gasteiger partial charge in [-0.15, -0.1) is 0 Å². The zero-order valence-electron chi connectivity index (χ0n) is 15.3. The number of carbonyl (C=O) groups excluding carboxylic acids is 2. The molecule has 0 bridgehead atoms. The molecule has 1 aliphatic heterocycles. The number of carbonyl (C=O) groups is 2. The zero-order valence-corrected chi connectivity index (χ0v) is 15.3. The maximum Gasteiger partial charge on any atom is 0.422 e. The fourth-order valence-electron chi connectivity index (χ4n) is 3.24. The summed E-state index contributed by atoms with van der Waals surface area (Å²) in [6.07, 6.45) is -4.45. The lowest BCUT2D eigenvalue weighted by molar-refractivity contribution is -0.153. The molecule has 0 saturated carbocycles. The van der Waals surface area contributed by atoms with Gasteiger partial charge in [0.2, 0.25) is 0 Å². The van der Waals surface area contributed by atoms with Gasteiger partial charge in [0.1, 0.15) is 11.3 Å². The van der Waals surface area contributed by atoms with Crippen LogP contribution in [-0.4, -0.2) is 29.6 Å². The lowest BCUT2D eigenvalue weighted by Crippen LogP contribution is -2.41. The highest BCUT2D eigenvalue weighted by Gasteiger charge is 2.49. The maximum absolute atomic E-state index is 13.0. The van der Waals surface area contributed by atoms with Crippen LogP contribution < -0.4 is 10.1 Å². The van der Waals surface area contributed by atoms with Crippen molar-refractivity contribution in [2.75, 3.05) is 6.61 Å². The number of halogens is 3. The second kappa shape index (κ2) is 7.18. The molecular weight excluding hydrogens is 373 g/mol. The first kappa shape index (κ1) is 19.7. The molecule has 148 valence electrons. The second-order valence-corrected chi connectivity index (χ2v) is 6.81. The number of alkyl halides is 3. The van der Waals surface area contributed by atoms with Crippen LogP contribution in [0.3, 0.4) is 0 Å². The van der Waals surface area contributed by atoms with Crippen molar-refractivity contribution in [2.24, 2.45) is 0 Å². The summed E-state index contributed by atoms with van der Waals surface area (Å²) in [7, 11) is 0. The molecule has 2 aromatic carbocycles. The molecular formula is C20H19F3N2O3. The molecule has 8 heteroatoms. The minimum atomic E-state index is -4.45. The van der Waals surface area contributed by atoms with Crippen molar-refractivity contribution >= 4 is 11.9 Å². The molecule has 0 radical (unpaired) electrons. The van der Waals surface area contributed by atoms with Crippen molar-refractivity contribution in [1.82, 2.24) is 10.2 Å². The van der Waals surface area contributed by atoms with E-state index < -0.39 is 30.3 Å². The van der Waals surface area contributed by atoms with Crippen molar-refractivity contribution in [1.29, 1.82) is 0 Å². The topological polar surface area (TPSA) is 58.6 Å². The molecule has 0 aliphatic carbocycles. The Labute approximate surface area is 160 Å². The number of aryl methyl sites for hydroxylation is 1. The van der Waals surface area contributed by atoms with Gasteiger partial charge in [-0.1, -0.05) is 36.4 Å². The normalized spacial score (nSPS) is 19.7. The van der Waals surface area contributed by atoms with Crippen LogP contribution in [0.2, 0.25) is 0 Å². The van der Waals surface area contributed by atoms with Crippen LogP contribution in [-0.2, 0) is 16.9 Å². The van der Waals surface area contributed by atoms with Gasteiger partial charge in [-0.25, -0.2) is 4.79 Å². The van der Waals surface area contributed by atoms with E-state index >= 15 is 0 Å². The molecule has 1 atom stereocenters. The smallest absolute Gasteiger partial charge is 0.422 e. The lowest BCUT2D eigenvalue weighted by Gasteiger charge is -2.24. The molecule has 1 fully saturated rings. The van der Waals surface area contributed by atoms with E-state index in [1.54, 1.807) is 25.1 Å². The third kappa shape index (κ3) is 3.95. The van der Waals surface area contributed by atoms with Gasteiger partial charge in [0.25, 0.3) is 5.91 Å². The number of urea groups is 1. The molecule has 2 aromatic rings. The average Bonchev–Trinajstić information content (AvgIpc) is 2.84. The number of imide groups is 1. The number of ether oxygens (including phenoxy) is 1. The first-order valence-corrected chi connectivity index (χ1v) is 8.59. The van der Waals surface area contributed by atoms with Gasteiger partial charge in [0.05, 0.1) is 6.54 Å². The number of benzene rings is 2. The Morgan fingerprint density at radius 1 is 1.11 bits per heavy atom. The van der Waals surface area contributed by atoms with Crippen molar-refractivity contribution in [2.45, 2.75) is 32.1 Å². The van der Waals surface area contributed by atoms with Crippen molar-refractivity contribution in [3.05, 3.63) is 65.2 Å². The molecule has 3 rings (SSSR count). The van der Waals surface area contributed by atoms with Crippen molar-refractivity contribution < 1.29 is 27.5 Å². The minimum absolute atomic E-state index is 0.0172. The summed E-state index contributed by atoms with van der Waals surface area (Å²) in [5.74, 6) is -0.406. The maximum atomic E-state index is 13.0. The van der Waals surface area contributed by atoms with Crippen LogP contribution in [0.5, 0.6) is 5.75 Å². The Hall–Kier alpha value is -3.03. The van der Waals surface area contributed by atoms with Gasteiger partial charge < -0.3 is 10.1 Å². The highest BCUT2D eigenvalue weighted by atomic mass is 19.4. The quantitative estimate of drug-likeness (QED) is 0.785. The third-order valence-electron chi connectivity index (χ3n) is 4.60. The molecule has 1 unspecified atom stereocenters. The van der Waals surface area contributed by atoms with Crippen LogP contribution in [0.15, 0.2) is 48.5 Å². The van der Waals surface area contributed by atoms with Gasteiger partial charge in [-0.05, 0) is 42.7 Å². The van der Waals surface area contributed by atoms with Gasteiger partial charge in [-0.2, -0.15) is 13.2 Å². The predicted octanol–water partition coefficient (Wildman–Crippen LogP) is 3.90. The Bertz CT molecular complexity index is 914. The van der Waals surface area contributed by atoms with Gasteiger partial charge in [0.15, 0.2) is 6.61 Å². The number of hydrogen-bond donors (Lipinski definition) is 1. The summed E-state index contributed by atoms with van der Waals surface area (Å²) < 4.78 is 41.7. The Balaban J connectivity index is 1.79. The zero-order chi connectivity index (χ0) is 20.5. The van der Waals surface area contributed by atoms with Gasteiger partial charge in [-0.3, -0.25) is 9.69 Å². The number of amides is 3. The fourth-order valence-corrected chi connectivity index (χ4v) is 3.24. The standard InChI is InChI=1S/C20H19F3N2O3/c1-13-6-3-4-9-16(13)19(2)17(26)25(18(27)24-19)11-14-7-5-8-15(10-14)28-12-20(21,22)23/h3-10H,11-12H2,1-2H3,(H,24,27). The van der Waals surface area contributed by atoms with Crippen LogP contribution in [0.4, 0.5) is 18.0 Å². The molecule has 3 amide bonds. The van der Waals surface area contributed by atoms with Crippen LogP contribution in [0.1, 0.15) is 23.6 Å². The van der Waals surface area contributed by atoms with E-state index in [1.165, 1.54) is 18.2 Å². The van der Waals surface area contributed by atoms with Crippen molar-refractivity contribution in [3.8, 4) is 5.75 Å². The average molecular weight is 392 g/mol. The number of rotatable bonds is 5. The molecule has 5 nitrogen and oxygen atoms in total. The predicted molar refractivity (Wildman–Crippen MR) is 95.6 cm³/mol. The van der Waals surface area contributed by atoms with Gasteiger partial charge >= 0.3 is 12.2 Å². The molecule has 0 spiro atoms. The largest absolute Gasteiger partial charge is 0.484 e. The van der Waals surface area contributed by atoms with E-state index in [4.69, 9.17) is 4.74 Å². The van der Waals surface area contributed by atoms with Crippen LogP contribution >= 0.6 is 0 Å². The highest BCUT2D eigenvalue weighted by molar-refractivity contribution is 6.07. The summed E-state index contributed by atoms with van der Waals surface area (Å²) in [6.45, 7) is 2.00. The van der Waals surface area contributed by atoms with Crippen LogP contribution in [0.25, 0.3) is 0 Å². The van der Waals surface area contributed by atoms with E-state index in [0.717, 1.165) is 10.5 Å². The molecule has 1 N–H and O–H groups in total. The Kier molecular flexibility index (Phi) is 5.06. The van der Waals surface area contributed by atoms with E-state index in [2.05, 4.69) is 5.32 Å². The SMILES string of the molecule is Cc1ccccc1C1(C)NC(=O)N(Cc2cccc(OCC(F)(F)F)c2)C1=O. The van der Waals surface area contributed by atoms with Crippen molar-refractivity contribution in [3.63, 3.8) is 0 Å². The summed E-state index contributed by atoms with van der Waals surface area (Å²) in [4.78, 5) is 26.5. The third-order valence-corrected chi connectivity index (χ3v) is 4.60. The molecule has 1 aliphatic rings. The molecule has 28 heavy (non-hydrogen) atoms. The summed E-state index contributed by atoms with van der Waals surface area (Å²) in [5, 5.41) is 2.72. The van der Waals surface area contributed by atoms with Crippen LogP contribution in [0, 0.1) is 6.92 Å². The van der Waals surface area contributed by atoms with E-state index in [0.29, 0.717) is 11.1 Å². The molecule has 1 saturated heterocycles. The number of nitrogens with zero attached hydrogens (tertiary/aromatic N) is 1. The van der Waals surface area contributed by atoms with E-state index in [1.807, 2.05) is 19.1 Å². The second-order valence-electron chi connectivity index (χ2n) is 6.81. The van der Waals surface area contributed by atoms with Gasteiger partial charge in [0, 0.05) is 0 Å². The fraction of sp³-hybridized carbons (Fsp3) is 0.300. The Morgan fingerprint density at radius 3 is 2.50 bits per heavy atom. The molecule has 1 heterocycles. The summed E-state index contributed by atoms with van der Waals surface area (Å²) in [6, 6.07) is 12.6. The van der Waals surface area contributed by atoms with E-state index in [9.17, 15) is 22.8 Å². The van der Waals surface area contributed by atoms with E-state index in [-0.39, 0.29) is 12.3 Å². The number of hydrogen-bond acceptors (Lipinski definition) is 3. The Morgan fingerprint density at radius 2 is 1.82 bits per heavy atom. The monoisotopic (exact) mass is 392 g/mol.